The molecule has 22 heavy (non-hydrogen) atoms. The number of primary amides is 1. The van der Waals surface area contributed by atoms with E-state index in [9.17, 15) is 9.90 Å². The third kappa shape index (κ3) is 1.68. The number of nitrogens with zero attached hydrogens (tertiary/aromatic N) is 2. The van der Waals surface area contributed by atoms with Crippen molar-refractivity contribution < 1.29 is 14.4 Å². The highest BCUT2D eigenvalue weighted by atomic mass is 16.5. The Morgan fingerprint density at radius 3 is 2.64 bits per heavy atom. The lowest BCUT2D eigenvalue weighted by molar-refractivity contribution is 0.100. The molecular weight excluding hydrogens is 284 g/mol. The van der Waals surface area contributed by atoms with Gasteiger partial charge in [-0.15, -0.1) is 0 Å². The van der Waals surface area contributed by atoms with E-state index in [1.807, 2.05) is 6.92 Å². The smallest absolute Gasteiger partial charge is 0.253 e. The first-order chi connectivity index (χ1) is 10.3. The summed E-state index contributed by atoms with van der Waals surface area (Å²) in [6.45, 7) is 5.33. The maximum atomic E-state index is 11.8. The molecule has 0 aliphatic rings. The first-order valence-electron chi connectivity index (χ1n) is 6.70. The number of benzene rings is 1. The number of hydrogen-bond donors (Lipinski definition) is 3. The van der Waals surface area contributed by atoms with Gasteiger partial charge in [-0.1, -0.05) is 11.2 Å². The van der Waals surface area contributed by atoms with Crippen LogP contribution in [0.15, 0.2) is 16.7 Å². The summed E-state index contributed by atoms with van der Waals surface area (Å²) in [5.74, 6) is 0.121. The zero-order valence-corrected chi connectivity index (χ0v) is 12.5. The second-order valence-corrected chi connectivity index (χ2v) is 5.27. The number of rotatable bonds is 2. The molecule has 2 heterocycles. The number of aryl methyl sites for hydroxylation is 2. The lowest BCUT2D eigenvalue weighted by Crippen LogP contribution is -2.14. The number of carbonyl (C=O) groups excluding carboxylic acids is 1. The average molecular weight is 300 g/mol. The molecular formula is C15H16N4O3. The zero-order chi connectivity index (χ0) is 16.2. The maximum Gasteiger partial charge on any atom is 0.253 e. The summed E-state index contributed by atoms with van der Waals surface area (Å²) in [4.78, 5) is 11.8. The molecule has 0 aliphatic heterocycles. The second kappa shape index (κ2) is 4.52. The predicted octanol–water partition coefficient (Wildman–Crippen LogP) is 1.93. The van der Waals surface area contributed by atoms with Gasteiger partial charge in [0.2, 0.25) is 0 Å². The Morgan fingerprint density at radius 1 is 1.32 bits per heavy atom. The molecule has 0 saturated heterocycles. The van der Waals surface area contributed by atoms with E-state index in [0.29, 0.717) is 28.0 Å². The van der Waals surface area contributed by atoms with Gasteiger partial charge in [-0.05, 0) is 32.4 Å². The van der Waals surface area contributed by atoms with Gasteiger partial charge in [-0.25, -0.2) is 0 Å². The van der Waals surface area contributed by atoms with E-state index >= 15 is 0 Å². The van der Waals surface area contributed by atoms with Crippen LogP contribution in [-0.4, -0.2) is 20.7 Å². The Kier molecular flexibility index (Phi) is 2.88. The van der Waals surface area contributed by atoms with Crippen molar-refractivity contribution in [3.05, 3.63) is 34.6 Å². The molecule has 0 atom stereocenters. The Bertz CT molecular complexity index is 921. The van der Waals surface area contributed by atoms with Gasteiger partial charge in [0, 0.05) is 5.56 Å². The van der Waals surface area contributed by atoms with Crippen molar-refractivity contribution in [2.45, 2.75) is 20.8 Å². The predicted molar refractivity (Wildman–Crippen MR) is 82.1 cm³/mol. The second-order valence-electron chi connectivity index (χ2n) is 5.27. The lowest BCUT2D eigenvalue weighted by Gasteiger charge is -2.14. The van der Waals surface area contributed by atoms with E-state index in [4.69, 9.17) is 16.0 Å². The highest BCUT2D eigenvalue weighted by molar-refractivity contribution is 6.11. The largest absolute Gasteiger partial charge is 0.508 e. The SMILES string of the molecule is Cc1ccc(O)c(C)c1-n1c(N)c(C(N)=O)c2c(C)onc21. The number of phenols is 1. The highest BCUT2D eigenvalue weighted by Crippen LogP contribution is 2.36. The standard InChI is InChI=1S/C15H16N4O3/c1-6-4-5-9(20)7(2)12(6)19-13(16)11(14(17)21)10-8(3)22-18-15(10)19/h4-5,20H,16H2,1-3H3,(H2,17,21). The van der Waals surface area contributed by atoms with Gasteiger partial charge in [0.25, 0.3) is 5.91 Å². The van der Waals surface area contributed by atoms with Crippen molar-refractivity contribution in [2.24, 2.45) is 5.73 Å². The molecule has 3 rings (SSSR count). The van der Waals surface area contributed by atoms with Crippen LogP contribution in [0, 0.1) is 20.8 Å². The third-order valence-electron chi connectivity index (χ3n) is 3.88. The molecule has 0 aliphatic carbocycles. The summed E-state index contributed by atoms with van der Waals surface area (Å²) in [6.07, 6.45) is 0. The van der Waals surface area contributed by atoms with Gasteiger partial charge < -0.3 is 21.1 Å². The fourth-order valence-corrected chi connectivity index (χ4v) is 2.80. The number of nitrogen functional groups attached to an aromatic ring is 1. The topological polar surface area (TPSA) is 120 Å². The molecule has 7 nitrogen and oxygen atoms in total. The van der Waals surface area contributed by atoms with Crippen LogP contribution in [0.4, 0.5) is 5.82 Å². The quantitative estimate of drug-likeness (QED) is 0.667. The Morgan fingerprint density at radius 2 is 2.00 bits per heavy atom. The van der Waals surface area contributed by atoms with E-state index in [1.54, 1.807) is 30.5 Å². The van der Waals surface area contributed by atoms with Crippen molar-refractivity contribution in [1.82, 2.24) is 9.72 Å². The normalized spacial score (nSPS) is 11.2. The molecule has 0 bridgehead atoms. The molecule has 114 valence electrons. The molecule has 3 aromatic rings. The number of aromatic nitrogens is 2. The van der Waals surface area contributed by atoms with Gasteiger partial charge >= 0.3 is 0 Å². The molecule has 0 radical (unpaired) electrons. The van der Waals surface area contributed by atoms with Crippen LogP contribution in [0.25, 0.3) is 16.7 Å². The zero-order valence-electron chi connectivity index (χ0n) is 12.5. The van der Waals surface area contributed by atoms with Crippen molar-refractivity contribution in [3.63, 3.8) is 0 Å². The minimum atomic E-state index is -0.650. The molecule has 1 amide bonds. The Hall–Kier alpha value is -2.96. The number of carbonyl (C=O) groups is 1. The van der Waals surface area contributed by atoms with Gasteiger partial charge in [-0.2, -0.15) is 0 Å². The maximum absolute atomic E-state index is 11.8. The number of amides is 1. The van der Waals surface area contributed by atoms with Crippen LogP contribution in [-0.2, 0) is 0 Å². The first kappa shape index (κ1) is 14.0. The average Bonchev–Trinajstić information content (AvgIpc) is 2.94. The summed E-state index contributed by atoms with van der Waals surface area (Å²) in [5, 5.41) is 14.5. The van der Waals surface area contributed by atoms with E-state index < -0.39 is 5.91 Å². The Labute approximate surface area is 126 Å². The molecule has 0 saturated carbocycles. The number of aromatic hydroxyl groups is 1. The van der Waals surface area contributed by atoms with Crippen molar-refractivity contribution in [1.29, 1.82) is 0 Å². The fraction of sp³-hybridized carbons (Fsp3) is 0.200. The summed E-state index contributed by atoms with van der Waals surface area (Å²) < 4.78 is 6.77. The van der Waals surface area contributed by atoms with Crippen LogP contribution < -0.4 is 11.5 Å². The monoisotopic (exact) mass is 300 g/mol. The number of nitrogens with two attached hydrogens (primary N) is 2. The first-order valence-corrected chi connectivity index (χ1v) is 6.70. The van der Waals surface area contributed by atoms with E-state index in [2.05, 4.69) is 5.16 Å². The van der Waals surface area contributed by atoms with Crippen LogP contribution in [0.3, 0.4) is 0 Å². The molecule has 2 aromatic heterocycles. The third-order valence-corrected chi connectivity index (χ3v) is 3.88. The summed E-state index contributed by atoms with van der Waals surface area (Å²) >= 11 is 0. The van der Waals surface area contributed by atoms with E-state index in [1.165, 1.54) is 0 Å². The number of fused-ring (bicyclic) bond motifs is 1. The minimum Gasteiger partial charge on any atom is -0.508 e. The van der Waals surface area contributed by atoms with E-state index in [-0.39, 0.29) is 17.1 Å². The Balaban J connectivity index is 2.51. The number of phenolic OH excluding ortho intramolecular Hbond substituents is 1. The summed E-state index contributed by atoms with van der Waals surface area (Å²) in [5.41, 5.74) is 14.3. The molecule has 0 spiro atoms. The molecule has 1 aromatic carbocycles. The fourth-order valence-electron chi connectivity index (χ4n) is 2.80. The van der Waals surface area contributed by atoms with Gasteiger partial charge in [0.05, 0.1) is 16.6 Å². The van der Waals surface area contributed by atoms with Crippen LogP contribution in [0.1, 0.15) is 27.2 Å². The lowest BCUT2D eigenvalue weighted by atomic mass is 10.1. The molecule has 7 heteroatoms. The van der Waals surface area contributed by atoms with Crippen molar-refractivity contribution >= 4 is 22.8 Å². The number of hydrogen-bond acceptors (Lipinski definition) is 5. The molecule has 5 N–H and O–H groups in total. The summed E-state index contributed by atoms with van der Waals surface area (Å²) in [7, 11) is 0. The minimum absolute atomic E-state index is 0.127. The molecule has 0 fully saturated rings. The summed E-state index contributed by atoms with van der Waals surface area (Å²) in [6, 6.07) is 3.37. The van der Waals surface area contributed by atoms with Gasteiger partial charge in [0.1, 0.15) is 17.3 Å². The number of anilines is 1. The van der Waals surface area contributed by atoms with Crippen LogP contribution in [0.5, 0.6) is 5.75 Å². The van der Waals surface area contributed by atoms with Crippen LogP contribution in [0.2, 0.25) is 0 Å². The van der Waals surface area contributed by atoms with Crippen molar-refractivity contribution in [2.75, 3.05) is 5.73 Å². The van der Waals surface area contributed by atoms with Crippen LogP contribution >= 0.6 is 0 Å². The van der Waals surface area contributed by atoms with E-state index in [0.717, 1.165) is 5.56 Å². The highest BCUT2D eigenvalue weighted by Gasteiger charge is 2.26. The van der Waals surface area contributed by atoms with Gasteiger partial charge in [0.15, 0.2) is 5.65 Å². The van der Waals surface area contributed by atoms with Crippen molar-refractivity contribution in [3.8, 4) is 11.4 Å². The molecule has 0 unspecified atom stereocenters. The van der Waals surface area contributed by atoms with Gasteiger partial charge in [-0.3, -0.25) is 9.36 Å².